The fourth-order valence-corrected chi connectivity index (χ4v) is 2.07. The fourth-order valence-electron chi connectivity index (χ4n) is 1.76. The minimum Gasteiger partial charge on any atom is -0.469 e. The molecular formula is C13H17Cl2NO2. The Labute approximate surface area is 117 Å². The highest BCUT2D eigenvalue weighted by Gasteiger charge is 2.15. The van der Waals surface area contributed by atoms with Crippen molar-refractivity contribution >= 4 is 29.2 Å². The van der Waals surface area contributed by atoms with E-state index < -0.39 is 0 Å². The van der Waals surface area contributed by atoms with Gasteiger partial charge in [0.15, 0.2) is 0 Å². The molecule has 0 radical (unpaired) electrons. The lowest BCUT2D eigenvalue weighted by atomic mass is 9.94. The van der Waals surface area contributed by atoms with Gasteiger partial charge in [-0.25, -0.2) is 0 Å². The van der Waals surface area contributed by atoms with Crippen LogP contribution in [0.2, 0.25) is 10.0 Å². The number of nitrogens with two attached hydrogens (primary N) is 1. The first-order valence-corrected chi connectivity index (χ1v) is 6.47. The summed E-state index contributed by atoms with van der Waals surface area (Å²) in [6, 6.07) is 5.17. The van der Waals surface area contributed by atoms with Gasteiger partial charge in [0.05, 0.1) is 17.2 Å². The molecule has 2 N–H and O–H groups in total. The van der Waals surface area contributed by atoms with Crippen molar-refractivity contribution in [2.24, 2.45) is 11.7 Å². The summed E-state index contributed by atoms with van der Waals surface area (Å²) in [7, 11) is 1.38. The number of ether oxygens (including phenoxy) is 1. The first-order valence-electron chi connectivity index (χ1n) is 5.71. The van der Waals surface area contributed by atoms with Gasteiger partial charge in [-0.05, 0) is 30.0 Å². The molecule has 0 aliphatic rings. The van der Waals surface area contributed by atoms with Crippen LogP contribution in [0.5, 0.6) is 0 Å². The van der Waals surface area contributed by atoms with Crippen LogP contribution >= 0.6 is 23.2 Å². The van der Waals surface area contributed by atoms with E-state index in [4.69, 9.17) is 28.9 Å². The van der Waals surface area contributed by atoms with Gasteiger partial charge in [0, 0.05) is 12.5 Å². The van der Waals surface area contributed by atoms with Crippen molar-refractivity contribution in [3.8, 4) is 0 Å². The molecule has 1 aromatic carbocycles. The molecule has 18 heavy (non-hydrogen) atoms. The number of halogens is 2. The predicted molar refractivity (Wildman–Crippen MR) is 73.8 cm³/mol. The summed E-state index contributed by atoms with van der Waals surface area (Å²) in [5, 5.41) is 1.00. The van der Waals surface area contributed by atoms with Crippen LogP contribution in [0.1, 0.15) is 31.4 Å². The van der Waals surface area contributed by atoms with Crippen LogP contribution < -0.4 is 5.73 Å². The molecule has 0 fully saturated rings. The minimum absolute atomic E-state index is 0.155. The van der Waals surface area contributed by atoms with Gasteiger partial charge in [0.2, 0.25) is 0 Å². The molecule has 0 saturated heterocycles. The lowest BCUT2D eigenvalue weighted by Crippen LogP contribution is -2.16. The van der Waals surface area contributed by atoms with E-state index >= 15 is 0 Å². The zero-order valence-corrected chi connectivity index (χ0v) is 12.0. The van der Waals surface area contributed by atoms with Crippen molar-refractivity contribution in [2.75, 3.05) is 7.11 Å². The number of carbonyl (C=O) groups excluding carboxylic acids is 1. The zero-order valence-electron chi connectivity index (χ0n) is 10.5. The van der Waals surface area contributed by atoms with Gasteiger partial charge in [0.1, 0.15) is 0 Å². The topological polar surface area (TPSA) is 52.3 Å². The van der Waals surface area contributed by atoms with E-state index in [1.165, 1.54) is 7.11 Å². The van der Waals surface area contributed by atoms with E-state index in [9.17, 15) is 4.79 Å². The van der Waals surface area contributed by atoms with Gasteiger partial charge in [-0.15, -0.1) is 0 Å². The number of rotatable bonds is 5. The van der Waals surface area contributed by atoms with E-state index in [0.717, 1.165) is 5.56 Å². The second kappa shape index (κ2) is 6.98. The lowest BCUT2D eigenvalue weighted by Gasteiger charge is -2.17. The third-order valence-electron chi connectivity index (χ3n) is 2.77. The first-order chi connectivity index (χ1) is 8.43. The fraction of sp³-hybridized carbons (Fsp3) is 0.462. The summed E-state index contributed by atoms with van der Waals surface area (Å²) in [6.07, 6.45) is 1.05. The molecular weight excluding hydrogens is 273 g/mol. The zero-order chi connectivity index (χ0) is 13.7. The maximum Gasteiger partial charge on any atom is 0.305 e. The molecule has 1 rings (SSSR count). The van der Waals surface area contributed by atoms with Crippen LogP contribution in [-0.4, -0.2) is 13.1 Å². The highest BCUT2D eigenvalue weighted by molar-refractivity contribution is 6.42. The Bertz CT molecular complexity index is 423. The maximum absolute atomic E-state index is 11.1. The summed E-state index contributed by atoms with van der Waals surface area (Å²) in [5.74, 6) is -0.0641. The first kappa shape index (κ1) is 15.3. The van der Waals surface area contributed by atoms with Gasteiger partial charge in [-0.2, -0.15) is 0 Å². The lowest BCUT2D eigenvalue weighted by molar-refractivity contribution is -0.141. The summed E-state index contributed by atoms with van der Waals surface area (Å²) >= 11 is 11.8. The molecule has 0 bridgehead atoms. The van der Waals surface area contributed by atoms with Gasteiger partial charge in [-0.3, -0.25) is 4.79 Å². The Morgan fingerprint density at radius 3 is 2.61 bits per heavy atom. The minimum atomic E-state index is -0.219. The van der Waals surface area contributed by atoms with Gasteiger partial charge in [-0.1, -0.05) is 36.2 Å². The summed E-state index contributed by atoms with van der Waals surface area (Å²) in [6.45, 7) is 1.97. The normalized spacial score (nSPS) is 14.1. The van der Waals surface area contributed by atoms with E-state index in [0.29, 0.717) is 22.9 Å². The van der Waals surface area contributed by atoms with Crippen molar-refractivity contribution < 1.29 is 9.53 Å². The Balaban J connectivity index is 2.61. The van der Waals surface area contributed by atoms with Gasteiger partial charge in [0.25, 0.3) is 0 Å². The molecule has 0 aliphatic carbocycles. The Hall–Kier alpha value is -0.770. The smallest absolute Gasteiger partial charge is 0.305 e. The number of carbonyl (C=O) groups is 1. The summed E-state index contributed by atoms with van der Waals surface area (Å²) < 4.78 is 4.62. The largest absolute Gasteiger partial charge is 0.469 e. The molecule has 0 heterocycles. The molecule has 0 aliphatic heterocycles. The van der Waals surface area contributed by atoms with Crippen LogP contribution in [0, 0.1) is 5.92 Å². The summed E-state index contributed by atoms with van der Waals surface area (Å²) in [5.41, 5.74) is 7.00. The second-order valence-electron chi connectivity index (χ2n) is 4.40. The molecule has 0 amide bonds. The van der Waals surface area contributed by atoms with Crippen molar-refractivity contribution in [3.05, 3.63) is 33.8 Å². The maximum atomic E-state index is 11.1. The van der Waals surface area contributed by atoms with Crippen LogP contribution in [0.25, 0.3) is 0 Å². The Morgan fingerprint density at radius 1 is 1.39 bits per heavy atom. The van der Waals surface area contributed by atoms with Crippen molar-refractivity contribution in [2.45, 2.75) is 25.8 Å². The highest BCUT2D eigenvalue weighted by Crippen LogP contribution is 2.27. The SMILES string of the molecule is COC(=O)CC(C)CC(N)c1ccc(Cl)c(Cl)c1. The van der Waals surface area contributed by atoms with Gasteiger partial charge >= 0.3 is 5.97 Å². The molecule has 2 unspecified atom stereocenters. The third kappa shape index (κ3) is 4.48. The molecule has 100 valence electrons. The van der Waals surface area contributed by atoms with Crippen LogP contribution in [0.4, 0.5) is 0 Å². The van der Waals surface area contributed by atoms with E-state index in [1.807, 2.05) is 13.0 Å². The number of hydrogen-bond donors (Lipinski definition) is 1. The molecule has 3 nitrogen and oxygen atoms in total. The van der Waals surface area contributed by atoms with Crippen LogP contribution in [0.15, 0.2) is 18.2 Å². The Kier molecular flexibility index (Phi) is 5.93. The molecule has 0 spiro atoms. The second-order valence-corrected chi connectivity index (χ2v) is 5.22. The molecule has 1 aromatic rings. The van der Waals surface area contributed by atoms with Crippen molar-refractivity contribution in [3.63, 3.8) is 0 Å². The predicted octanol–water partition coefficient (Wildman–Crippen LogP) is 3.58. The average Bonchev–Trinajstić information content (AvgIpc) is 2.32. The van der Waals surface area contributed by atoms with E-state index in [1.54, 1.807) is 12.1 Å². The Morgan fingerprint density at radius 2 is 2.06 bits per heavy atom. The van der Waals surface area contributed by atoms with Crippen molar-refractivity contribution in [1.82, 2.24) is 0 Å². The van der Waals surface area contributed by atoms with E-state index in [2.05, 4.69) is 4.74 Å². The number of methoxy groups -OCH3 is 1. The average molecular weight is 290 g/mol. The number of benzene rings is 1. The van der Waals surface area contributed by atoms with Crippen LogP contribution in [-0.2, 0) is 9.53 Å². The van der Waals surface area contributed by atoms with Crippen molar-refractivity contribution in [1.29, 1.82) is 0 Å². The molecule has 0 saturated carbocycles. The number of esters is 1. The molecule has 2 atom stereocenters. The van der Waals surface area contributed by atoms with Gasteiger partial charge < -0.3 is 10.5 Å². The van der Waals surface area contributed by atoms with E-state index in [-0.39, 0.29) is 17.9 Å². The van der Waals surface area contributed by atoms with Crippen LogP contribution in [0.3, 0.4) is 0 Å². The quantitative estimate of drug-likeness (QED) is 0.843. The highest BCUT2D eigenvalue weighted by atomic mass is 35.5. The molecule has 0 aromatic heterocycles. The number of hydrogen-bond acceptors (Lipinski definition) is 3. The third-order valence-corrected chi connectivity index (χ3v) is 3.51. The monoisotopic (exact) mass is 289 g/mol. The standard InChI is InChI=1S/C13H17Cl2NO2/c1-8(6-13(17)18-2)5-12(16)9-3-4-10(14)11(15)7-9/h3-4,7-8,12H,5-6,16H2,1-2H3. The summed E-state index contributed by atoms with van der Waals surface area (Å²) in [4.78, 5) is 11.1. The molecule has 5 heteroatoms.